The molecule has 4 nitrogen and oxygen atoms in total. The van der Waals surface area contributed by atoms with E-state index < -0.39 is 41.5 Å². The SMILES string of the molecule is [2H]C([2H])(Oc1ccc(CC(C)C(=O)O)cc1C(F)(F)F)c1cc(Cl)cc2c1OC(C)(C)C2. The Morgan fingerprint density at radius 1 is 1.37 bits per heavy atom. The first-order valence-electron chi connectivity index (χ1n) is 10.2. The third kappa shape index (κ3) is 5.01. The fourth-order valence-corrected chi connectivity index (χ4v) is 3.56. The molecule has 1 aliphatic rings. The number of ether oxygens (including phenoxy) is 2. The van der Waals surface area contributed by atoms with E-state index in [0.717, 1.165) is 12.1 Å². The third-order valence-corrected chi connectivity index (χ3v) is 4.93. The first kappa shape index (κ1) is 19.5. The van der Waals surface area contributed by atoms with Crippen LogP contribution in [0.25, 0.3) is 0 Å². The van der Waals surface area contributed by atoms with E-state index in [0.29, 0.717) is 12.0 Å². The van der Waals surface area contributed by atoms with Gasteiger partial charge < -0.3 is 14.6 Å². The van der Waals surface area contributed by atoms with E-state index in [4.69, 9.17) is 28.9 Å². The number of halogens is 4. The van der Waals surface area contributed by atoms with Crippen molar-refractivity contribution in [2.75, 3.05) is 0 Å². The largest absolute Gasteiger partial charge is 0.488 e. The topological polar surface area (TPSA) is 55.8 Å². The molecule has 3 rings (SSSR count). The molecule has 2 aromatic carbocycles. The molecule has 2 aromatic rings. The molecule has 8 heteroatoms. The monoisotopic (exact) mass is 444 g/mol. The molecular formula is C22H22ClF3O4. The lowest BCUT2D eigenvalue weighted by atomic mass is 9.99. The van der Waals surface area contributed by atoms with Crippen molar-refractivity contribution in [2.45, 2.75) is 51.9 Å². The Labute approximate surface area is 180 Å². The van der Waals surface area contributed by atoms with Crippen LogP contribution in [-0.2, 0) is 30.4 Å². The van der Waals surface area contributed by atoms with Gasteiger partial charge in [0, 0.05) is 17.0 Å². The molecule has 162 valence electrons. The normalized spacial score (nSPS) is 17.4. The van der Waals surface area contributed by atoms with E-state index in [2.05, 4.69) is 0 Å². The van der Waals surface area contributed by atoms with E-state index in [-0.39, 0.29) is 28.3 Å². The van der Waals surface area contributed by atoms with E-state index in [9.17, 15) is 18.0 Å². The smallest absolute Gasteiger partial charge is 0.419 e. The van der Waals surface area contributed by atoms with E-state index in [1.54, 1.807) is 19.9 Å². The van der Waals surface area contributed by atoms with Gasteiger partial charge in [-0.15, -0.1) is 0 Å². The Kier molecular flexibility index (Phi) is 5.23. The van der Waals surface area contributed by atoms with Crippen LogP contribution < -0.4 is 9.47 Å². The highest BCUT2D eigenvalue weighted by molar-refractivity contribution is 6.30. The lowest BCUT2D eigenvalue weighted by Crippen LogP contribution is -2.25. The average Bonchev–Trinajstić information content (AvgIpc) is 2.94. The molecule has 1 heterocycles. The quantitative estimate of drug-likeness (QED) is 0.601. The number of rotatable bonds is 6. The first-order valence-corrected chi connectivity index (χ1v) is 9.61. The van der Waals surface area contributed by atoms with Gasteiger partial charge in [0.15, 0.2) is 0 Å². The molecule has 0 amide bonds. The van der Waals surface area contributed by atoms with E-state index in [1.807, 2.05) is 0 Å². The standard InChI is InChI=1S/C22H22ClF3O4/c1-12(20(27)28)6-13-4-5-18(17(7-13)22(24,25)26)29-11-15-9-16(23)8-14-10-21(2,3)30-19(14)15/h4-5,7-9,12H,6,10-11H2,1-3H3,(H,27,28)/i11D2. The Hall–Kier alpha value is -2.41. The van der Waals surface area contributed by atoms with Crippen molar-refractivity contribution in [1.29, 1.82) is 0 Å². The van der Waals surface area contributed by atoms with Crippen LogP contribution in [0.15, 0.2) is 30.3 Å². The summed E-state index contributed by atoms with van der Waals surface area (Å²) < 4.78 is 69.0. The summed E-state index contributed by atoms with van der Waals surface area (Å²) in [6.07, 6.45) is -4.50. The predicted octanol–water partition coefficient (Wildman–Crippen LogP) is 5.91. The van der Waals surface area contributed by atoms with Gasteiger partial charge in [0.25, 0.3) is 0 Å². The molecule has 0 aliphatic carbocycles. The number of alkyl halides is 3. The summed E-state index contributed by atoms with van der Waals surface area (Å²) >= 11 is 6.12. The molecule has 0 saturated heterocycles. The number of aliphatic carboxylic acids is 1. The lowest BCUT2D eigenvalue weighted by Gasteiger charge is -2.19. The van der Waals surface area contributed by atoms with Gasteiger partial charge in [0.05, 0.1) is 14.2 Å². The Bertz CT molecular complexity index is 1050. The summed E-state index contributed by atoms with van der Waals surface area (Å²) in [5.41, 5.74) is -1.15. The van der Waals surface area contributed by atoms with E-state index >= 15 is 0 Å². The minimum atomic E-state index is -4.84. The number of carboxylic acids is 1. The lowest BCUT2D eigenvalue weighted by molar-refractivity contribution is -0.141. The molecule has 0 radical (unpaired) electrons. The fourth-order valence-electron chi connectivity index (χ4n) is 3.31. The van der Waals surface area contributed by atoms with Crippen molar-refractivity contribution in [2.24, 2.45) is 5.92 Å². The van der Waals surface area contributed by atoms with Gasteiger partial charge in [0.1, 0.15) is 23.7 Å². The zero-order chi connectivity index (χ0) is 24.1. The number of benzene rings is 2. The van der Waals surface area contributed by atoms with Crippen molar-refractivity contribution >= 4 is 17.6 Å². The first-order chi connectivity index (χ1) is 14.6. The number of fused-ring (bicyclic) bond motifs is 1. The molecule has 1 N–H and O–H groups in total. The minimum absolute atomic E-state index is 0.109. The molecule has 0 saturated carbocycles. The van der Waals surface area contributed by atoms with Gasteiger partial charge in [-0.25, -0.2) is 0 Å². The summed E-state index contributed by atoms with van der Waals surface area (Å²) in [5.74, 6) is -2.54. The molecular weight excluding hydrogens is 421 g/mol. The van der Waals surface area contributed by atoms with Gasteiger partial charge in [-0.1, -0.05) is 24.6 Å². The molecule has 1 unspecified atom stereocenters. The number of hydrogen-bond acceptors (Lipinski definition) is 3. The van der Waals surface area contributed by atoms with Crippen molar-refractivity contribution < 1.29 is 35.3 Å². The second kappa shape index (κ2) is 8.02. The zero-order valence-corrected chi connectivity index (χ0v) is 17.3. The van der Waals surface area contributed by atoms with Crippen molar-refractivity contribution in [3.63, 3.8) is 0 Å². The molecule has 30 heavy (non-hydrogen) atoms. The van der Waals surface area contributed by atoms with Crippen LogP contribution in [0.4, 0.5) is 13.2 Å². The average molecular weight is 445 g/mol. The van der Waals surface area contributed by atoms with Gasteiger partial charge in [-0.05, 0) is 55.7 Å². The molecule has 0 bridgehead atoms. The van der Waals surface area contributed by atoms with Gasteiger partial charge >= 0.3 is 12.1 Å². The van der Waals surface area contributed by atoms with Crippen LogP contribution in [0.1, 0.15) is 45.8 Å². The number of carbonyl (C=O) groups is 1. The van der Waals surface area contributed by atoms with Crippen LogP contribution in [0.3, 0.4) is 0 Å². The highest BCUT2D eigenvalue weighted by Crippen LogP contribution is 2.41. The molecule has 1 aliphatic heterocycles. The van der Waals surface area contributed by atoms with Crippen LogP contribution in [0, 0.1) is 5.92 Å². The fraction of sp³-hybridized carbons (Fsp3) is 0.409. The Morgan fingerprint density at radius 3 is 2.70 bits per heavy atom. The Morgan fingerprint density at radius 2 is 2.07 bits per heavy atom. The number of carboxylic acid groups (broad SMARTS) is 1. The highest BCUT2D eigenvalue weighted by atomic mass is 35.5. The van der Waals surface area contributed by atoms with Crippen LogP contribution in [-0.4, -0.2) is 16.7 Å². The summed E-state index contributed by atoms with van der Waals surface area (Å²) in [6.45, 7) is 2.31. The molecule has 1 atom stereocenters. The predicted molar refractivity (Wildman–Crippen MR) is 106 cm³/mol. The second-order valence-corrected chi connectivity index (χ2v) is 8.39. The maximum atomic E-state index is 13.7. The van der Waals surface area contributed by atoms with Crippen molar-refractivity contribution in [3.05, 3.63) is 57.6 Å². The third-order valence-electron chi connectivity index (χ3n) is 4.71. The van der Waals surface area contributed by atoms with E-state index in [1.165, 1.54) is 19.1 Å². The van der Waals surface area contributed by atoms with Crippen LogP contribution in [0.2, 0.25) is 5.02 Å². The zero-order valence-electron chi connectivity index (χ0n) is 18.6. The highest BCUT2D eigenvalue weighted by Gasteiger charge is 2.36. The van der Waals surface area contributed by atoms with Gasteiger partial charge in [0.2, 0.25) is 0 Å². The molecule has 0 spiro atoms. The van der Waals surface area contributed by atoms with Crippen molar-refractivity contribution in [1.82, 2.24) is 0 Å². The van der Waals surface area contributed by atoms with Gasteiger partial charge in [-0.3, -0.25) is 4.79 Å². The summed E-state index contributed by atoms with van der Waals surface area (Å²) in [6, 6.07) is 5.98. The minimum Gasteiger partial charge on any atom is -0.488 e. The second-order valence-electron chi connectivity index (χ2n) is 7.96. The number of hydrogen-bond donors (Lipinski definition) is 1. The maximum absolute atomic E-state index is 13.7. The van der Waals surface area contributed by atoms with Crippen molar-refractivity contribution in [3.8, 4) is 11.5 Å². The summed E-state index contributed by atoms with van der Waals surface area (Å²) in [4.78, 5) is 11.0. The summed E-state index contributed by atoms with van der Waals surface area (Å²) in [5, 5.41) is 9.23. The van der Waals surface area contributed by atoms with Crippen LogP contribution in [0.5, 0.6) is 11.5 Å². The maximum Gasteiger partial charge on any atom is 0.419 e. The van der Waals surface area contributed by atoms with Gasteiger partial charge in [-0.2, -0.15) is 13.2 Å². The molecule has 0 fully saturated rings. The van der Waals surface area contributed by atoms with Crippen LogP contribution >= 0.6 is 11.6 Å². The Balaban J connectivity index is 2.01. The molecule has 0 aromatic heterocycles. The summed E-state index contributed by atoms with van der Waals surface area (Å²) in [7, 11) is 0.